The first-order chi connectivity index (χ1) is 21.2. The molecule has 1 aliphatic heterocycles. The highest BCUT2D eigenvalue weighted by Gasteiger charge is 2.43. The Labute approximate surface area is 254 Å². The Kier molecular flexibility index (Phi) is 15.9. The van der Waals surface area contributed by atoms with Crippen LogP contribution >= 0.6 is 0 Å². The molecule has 0 spiro atoms. The number of carbonyl (C=O) groups is 3. The second kappa shape index (κ2) is 18.2. The predicted octanol–water partition coefficient (Wildman–Crippen LogP) is 4.02. The Bertz CT molecular complexity index is 1140. The average molecular weight is 685 g/mol. The monoisotopic (exact) mass is 684 g/mol. The first kappa shape index (κ1) is 40.0. The van der Waals surface area contributed by atoms with Gasteiger partial charge in [-0.25, -0.2) is 14.4 Å². The summed E-state index contributed by atoms with van der Waals surface area (Å²) >= 11 is 0. The summed E-state index contributed by atoms with van der Waals surface area (Å²) in [7, 11) is 0. The van der Waals surface area contributed by atoms with Crippen LogP contribution in [0.1, 0.15) is 25.0 Å². The summed E-state index contributed by atoms with van der Waals surface area (Å²) in [6.07, 6.45) is -5.96. The number of ether oxygens (including phenoxy) is 2. The molecule has 260 valence electrons. The highest BCUT2D eigenvalue weighted by Crippen LogP contribution is 2.33. The van der Waals surface area contributed by atoms with Gasteiger partial charge in [0.2, 0.25) is 0 Å². The maximum absolute atomic E-state index is 10.6. The number of halogens is 9. The van der Waals surface area contributed by atoms with Gasteiger partial charge in [0.25, 0.3) is 0 Å². The zero-order valence-corrected chi connectivity index (χ0v) is 23.5. The number of nitrogens with zero attached hydrogens (tertiary/aromatic N) is 4. The number of hydrogen-bond acceptors (Lipinski definition) is 8. The van der Waals surface area contributed by atoms with Crippen LogP contribution in [-0.4, -0.2) is 109 Å². The number of hydrogen-bond donors (Lipinski definition) is 3. The van der Waals surface area contributed by atoms with Gasteiger partial charge in [-0.1, -0.05) is 6.07 Å². The highest BCUT2D eigenvalue weighted by atomic mass is 19.4. The highest BCUT2D eigenvalue weighted by molar-refractivity contribution is 5.73. The van der Waals surface area contributed by atoms with E-state index in [1.54, 1.807) is 0 Å². The molecular weight excluding hydrogens is 655 g/mol. The number of fused-ring (bicyclic) bond motifs is 1. The van der Waals surface area contributed by atoms with Crippen LogP contribution in [0.4, 0.5) is 39.5 Å². The van der Waals surface area contributed by atoms with Crippen LogP contribution in [0.15, 0.2) is 42.9 Å². The fraction of sp³-hybridized carbons (Fsp3) is 0.560. The molecule has 2 fully saturated rings. The lowest BCUT2D eigenvalue weighted by atomic mass is 10.1. The number of aryl methyl sites for hydroxylation is 1. The van der Waals surface area contributed by atoms with Crippen LogP contribution in [0.5, 0.6) is 0 Å². The largest absolute Gasteiger partial charge is 0.490 e. The number of carboxylic acids is 3. The van der Waals surface area contributed by atoms with Gasteiger partial charge in [-0.15, -0.1) is 0 Å². The predicted molar refractivity (Wildman–Crippen MR) is 135 cm³/mol. The fourth-order valence-corrected chi connectivity index (χ4v) is 3.96. The van der Waals surface area contributed by atoms with E-state index in [2.05, 4.69) is 27.1 Å². The van der Waals surface area contributed by atoms with Crippen molar-refractivity contribution in [1.82, 2.24) is 19.7 Å². The third-order valence-corrected chi connectivity index (χ3v) is 5.89. The molecule has 4 rings (SSSR count). The van der Waals surface area contributed by atoms with E-state index in [0.29, 0.717) is 6.04 Å². The molecule has 0 unspecified atom stereocenters. The zero-order valence-electron chi connectivity index (χ0n) is 23.5. The molecule has 2 aromatic rings. The van der Waals surface area contributed by atoms with Crippen molar-refractivity contribution in [2.24, 2.45) is 0 Å². The molecule has 46 heavy (non-hydrogen) atoms. The van der Waals surface area contributed by atoms with Gasteiger partial charge in [0, 0.05) is 50.9 Å². The van der Waals surface area contributed by atoms with E-state index in [4.69, 9.17) is 39.2 Å². The van der Waals surface area contributed by atoms with Crippen molar-refractivity contribution in [2.45, 2.75) is 69.1 Å². The third-order valence-electron chi connectivity index (χ3n) is 5.89. The molecule has 12 nitrogen and oxygen atoms in total. The summed E-state index contributed by atoms with van der Waals surface area (Å²) in [5, 5.41) is 25.6. The van der Waals surface area contributed by atoms with Crippen molar-refractivity contribution >= 4 is 17.9 Å². The Morgan fingerprint density at radius 2 is 1.43 bits per heavy atom. The fourth-order valence-electron chi connectivity index (χ4n) is 3.96. The summed E-state index contributed by atoms with van der Waals surface area (Å²) in [6, 6.07) is 8.53. The third kappa shape index (κ3) is 15.3. The van der Waals surface area contributed by atoms with Crippen molar-refractivity contribution < 1.29 is 78.7 Å². The van der Waals surface area contributed by atoms with Crippen molar-refractivity contribution in [3.8, 4) is 0 Å². The number of aliphatic carboxylic acids is 3. The lowest BCUT2D eigenvalue weighted by Gasteiger charge is -2.38. The van der Waals surface area contributed by atoms with Gasteiger partial charge in [-0.05, 0) is 37.5 Å². The van der Waals surface area contributed by atoms with E-state index in [0.717, 1.165) is 57.8 Å². The first-order valence-corrected chi connectivity index (χ1v) is 13.0. The second-order valence-electron chi connectivity index (χ2n) is 9.21. The van der Waals surface area contributed by atoms with Crippen LogP contribution in [0.2, 0.25) is 0 Å². The molecule has 3 atom stereocenters. The number of aromatic nitrogens is 3. The Morgan fingerprint density at radius 1 is 0.870 bits per heavy atom. The number of alkyl halides is 9. The lowest BCUT2D eigenvalue weighted by molar-refractivity contribution is -0.193. The molecule has 3 heterocycles. The molecular formula is C25H29F9N4O8. The van der Waals surface area contributed by atoms with E-state index >= 15 is 0 Å². The maximum atomic E-state index is 10.6. The minimum atomic E-state index is -5.08. The van der Waals surface area contributed by atoms with E-state index in [-0.39, 0.29) is 12.2 Å². The topological polar surface area (TPSA) is 164 Å². The zero-order chi connectivity index (χ0) is 35.1. The first-order valence-electron chi connectivity index (χ1n) is 13.0. The molecule has 0 aromatic carbocycles. The quantitative estimate of drug-likeness (QED) is 0.285. The minimum Gasteiger partial charge on any atom is -0.475 e. The van der Waals surface area contributed by atoms with Crippen molar-refractivity contribution in [3.63, 3.8) is 0 Å². The molecule has 2 aromatic heterocycles. The Balaban J connectivity index is 0.000000413. The average Bonchev–Trinajstić information content (AvgIpc) is 3.62. The summed E-state index contributed by atoms with van der Waals surface area (Å²) < 4.78 is 109. The van der Waals surface area contributed by atoms with Gasteiger partial charge >= 0.3 is 36.4 Å². The van der Waals surface area contributed by atoms with Crippen LogP contribution in [0.25, 0.3) is 0 Å². The number of carboxylic acid groups (broad SMARTS) is 3. The van der Waals surface area contributed by atoms with Gasteiger partial charge in [-0.2, -0.15) is 44.6 Å². The van der Waals surface area contributed by atoms with E-state index < -0.39 is 36.4 Å². The minimum absolute atomic E-state index is 0.196. The van der Waals surface area contributed by atoms with E-state index in [1.807, 2.05) is 35.4 Å². The Morgan fingerprint density at radius 3 is 1.89 bits per heavy atom. The van der Waals surface area contributed by atoms with E-state index in [9.17, 15) is 39.5 Å². The van der Waals surface area contributed by atoms with Crippen LogP contribution in [0.3, 0.4) is 0 Å². The van der Waals surface area contributed by atoms with Crippen molar-refractivity contribution in [2.75, 3.05) is 19.8 Å². The molecule has 2 aliphatic rings. The summed E-state index contributed by atoms with van der Waals surface area (Å²) in [5.41, 5.74) is 1.13. The Hall–Kier alpha value is -3.98. The number of pyridine rings is 1. The van der Waals surface area contributed by atoms with Crippen LogP contribution in [-0.2, 0) is 36.9 Å². The van der Waals surface area contributed by atoms with Gasteiger partial charge in [0.05, 0.1) is 24.5 Å². The second-order valence-corrected chi connectivity index (χ2v) is 9.21. The van der Waals surface area contributed by atoms with Crippen LogP contribution in [0, 0.1) is 0 Å². The maximum Gasteiger partial charge on any atom is 0.490 e. The summed E-state index contributed by atoms with van der Waals surface area (Å²) in [5.74, 6) is -8.27. The van der Waals surface area contributed by atoms with Gasteiger partial charge in [-0.3, -0.25) is 14.6 Å². The van der Waals surface area contributed by atoms with Gasteiger partial charge < -0.3 is 24.8 Å². The van der Waals surface area contributed by atoms with Crippen molar-refractivity contribution in [3.05, 3.63) is 48.5 Å². The molecule has 3 N–H and O–H groups in total. The summed E-state index contributed by atoms with van der Waals surface area (Å²) in [6.45, 7) is 4.32. The van der Waals surface area contributed by atoms with E-state index in [1.165, 1.54) is 0 Å². The molecule has 1 saturated heterocycles. The number of morpholine rings is 1. The molecule has 0 radical (unpaired) electrons. The SMILES string of the molecule is O=C(O)C(F)(F)F.O=C(O)C(F)(F)F.O=C(O)C(F)(F)F.c1ccc(CN2CCO[C@H]3[C@H](OCCCn4cccn4)CC[C@@H]32)nc1. The lowest BCUT2D eigenvalue weighted by Crippen LogP contribution is -2.51. The standard InChI is InChI=1S/C19H26N4O2.3C2HF3O2/c1-2-8-20-16(5-1)15-22-12-14-25-19-17(22)6-7-18(19)24-13-4-11-23-10-3-9-21-23;3*3-2(4,5)1(6)7/h1-3,5,8-10,17-19H,4,6-7,11-15H2;3*(H,6,7)/t17-,18+,19+;;;/m0.../s1. The molecule has 0 amide bonds. The molecule has 0 bridgehead atoms. The number of rotatable bonds is 7. The van der Waals surface area contributed by atoms with Crippen molar-refractivity contribution in [1.29, 1.82) is 0 Å². The normalized spacial score (nSPS) is 19.6. The summed E-state index contributed by atoms with van der Waals surface area (Å²) in [4.78, 5) is 33.7. The molecule has 1 saturated carbocycles. The van der Waals surface area contributed by atoms with Gasteiger partial charge in [0.1, 0.15) is 0 Å². The van der Waals surface area contributed by atoms with Crippen LogP contribution < -0.4 is 0 Å². The van der Waals surface area contributed by atoms with Gasteiger partial charge in [0.15, 0.2) is 0 Å². The molecule has 21 heteroatoms. The smallest absolute Gasteiger partial charge is 0.475 e. The molecule has 1 aliphatic carbocycles.